The molecule has 5 heteroatoms. The van der Waals surface area contributed by atoms with Crippen LogP contribution in [0.4, 0.5) is 0 Å². The van der Waals surface area contributed by atoms with Crippen LogP contribution in [0.2, 0.25) is 0 Å². The molecule has 1 rings (SSSR count). The minimum Gasteiger partial charge on any atom is -0.314 e. The first-order chi connectivity index (χ1) is 8.08. The van der Waals surface area contributed by atoms with Gasteiger partial charge >= 0.3 is 0 Å². The number of rotatable bonds is 8. The molecule has 0 unspecified atom stereocenters. The molecule has 1 aromatic rings. The van der Waals surface area contributed by atoms with Crippen LogP contribution in [-0.2, 0) is 6.54 Å². The molecule has 0 radical (unpaired) electrons. The van der Waals surface area contributed by atoms with E-state index in [9.17, 15) is 0 Å². The summed E-state index contributed by atoms with van der Waals surface area (Å²) in [5.74, 6) is 0. The second-order valence-electron chi connectivity index (χ2n) is 4.65. The zero-order chi connectivity index (χ0) is 12.7. The Morgan fingerprint density at radius 1 is 1.24 bits per heavy atom. The number of nitrogens with zero attached hydrogens (tertiary/aromatic N) is 3. The third-order valence-corrected chi connectivity index (χ3v) is 3.33. The summed E-state index contributed by atoms with van der Waals surface area (Å²) in [7, 11) is 6.33. The molecule has 0 spiro atoms. The monoisotopic (exact) mass is 256 g/mol. The molecule has 0 aromatic carbocycles. The molecule has 1 N–H and O–H groups in total. The van der Waals surface area contributed by atoms with Crippen molar-refractivity contribution in [1.82, 2.24) is 20.1 Å². The normalized spacial score (nSPS) is 11.6. The molecular weight excluding hydrogens is 232 g/mol. The van der Waals surface area contributed by atoms with Crippen molar-refractivity contribution in [2.45, 2.75) is 13.5 Å². The number of aryl methyl sites for hydroxylation is 1. The second kappa shape index (κ2) is 7.76. The average Bonchev–Trinajstić information content (AvgIpc) is 2.63. The molecule has 0 amide bonds. The molecule has 98 valence electrons. The smallest absolute Gasteiger partial charge is 0.0897 e. The number of aromatic nitrogens is 1. The number of hydrogen-bond acceptors (Lipinski definition) is 5. The van der Waals surface area contributed by atoms with E-state index in [-0.39, 0.29) is 0 Å². The molecule has 0 aliphatic rings. The predicted octanol–water partition coefficient (Wildman–Crippen LogP) is 1.03. The summed E-state index contributed by atoms with van der Waals surface area (Å²) in [4.78, 5) is 8.96. The van der Waals surface area contributed by atoms with Gasteiger partial charge in [0.1, 0.15) is 0 Å². The fourth-order valence-electron chi connectivity index (χ4n) is 1.53. The maximum atomic E-state index is 4.47. The third kappa shape index (κ3) is 6.73. The molecule has 0 saturated heterocycles. The van der Waals surface area contributed by atoms with Crippen molar-refractivity contribution < 1.29 is 0 Å². The molecule has 1 aromatic heterocycles. The van der Waals surface area contributed by atoms with Crippen LogP contribution in [0.1, 0.15) is 10.7 Å². The van der Waals surface area contributed by atoms with E-state index in [0.717, 1.165) is 37.7 Å². The molecule has 1 heterocycles. The molecule has 0 bridgehead atoms. The van der Waals surface area contributed by atoms with E-state index in [1.54, 1.807) is 11.3 Å². The number of nitrogens with one attached hydrogen (secondary N) is 1. The van der Waals surface area contributed by atoms with Crippen LogP contribution < -0.4 is 5.32 Å². The summed E-state index contributed by atoms with van der Waals surface area (Å²) in [6, 6.07) is 0. The van der Waals surface area contributed by atoms with E-state index < -0.39 is 0 Å². The molecule has 0 fully saturated rings. The quantitative estimate of drug-likeness (QED) is 0.704. The fourth-order valence-corrected chi connectivity index (χ4v) is 2.14. The van der Waals surface area contributed by atoms with Gasteiger partial charge in [-0.15, -0.1) is 11.3 Å². The highest BCUT2D eigenvalue weighted by Crippen LogP contribution is 2.09. The first-order valence-electron chi connectivity index (χ1n) is 6.03. The summed E-state index contributed by atoms with van der Waals surface area (Å²) in [6.07, 6.45) is 0. The van der Waals surface area contributed by atoms with E-state index in [4.69, 9.17) is 0 Å². The van der Waals surface area contributed by atoms with Gasteiger partial charge < -0.3 is 10.2 Å². The molecule has 4 nitrogen and oxygen atoms in total. The van der Waals surface area contributed by atoms with E-state index in [1.165, 1.54) is 5.69 Å². The molecule has 0 saturated carbocycles. The highest BCUT2D eigenvalue weighted by atomic mass is 32.1. The number of likely N-dealkylation sites (N-methyl/N-ethyl adjacent to an activating group) is 2. The highest BCUT2D eigenvalue weighted by molar-refractivity contribution is 7.09. The van der Waals surface area contributed by atoms with Crippen molar-refractivity contribution >= 4 is 11.3 Å². The summed E-state index contributed by atoms with van der Waals surface area (Å²) in [6.45, 7) is 7.24. The maximum Gasteiger partial charge on any atom is 0.0897 e. The number of hydrogen-bond donors (Lipinski definition) is 1. The predicted molar refractivity (Wildman–Crippen MR) is 74.6 cm³/mol. The maximum absolute atomic E-state index is 4.47. The van der Waals surface area contributed by atoms with Crippen molar-refractivity contribution in [3.63, 3.8) is 0 Å². The summed E-state index contributed by atoms with van der Waals surface area (Å²) in [5, 5.41) is 6.73. The third-order valence-electron chi connectivity index (χ3n) is 2.50. The molecule has 0 atom stereocenters. The lowest BCUT2D eigenvalue weighted by Gasteiger charge is -2.16. The van der Waals surface area contributed by atoms with Crippen LogP contribution in [0, 0.1) is 6.92 Å². The lowest BCUT2D eigenvalue weighted by Crippen LogP contribution is -2.33. The van der Waals surface area contributed by atoms with Gasteiger partial charge in [0, 0.05) is 38.1 Å². The zero-order valence-electron chi connectivity index (χ0n) is 11.4. The number of thiazole rings is 1. The molecule has 17 heavy (non-hydrogen) atoms. The lowest BCUT2D eigenvalue weighted by atomic mass is 10.4. The van der Waals surface area contributed by atoms with Crippen LogP contribution in [0.25, 0.3) is 0 Å². The Kier molecular flexibility index (Phi) is 6.65. The van der Waals surface area contributed by atoms with Gasteiger partial charge in [0.25, 0.3) is 0 Å². The topological polar surface area (TPSA) is 31.4 Å². The van der Waals surface area contributed by atoms with Crippen molar-refractivity contribution in [3.05, 3.63) is 16.1 Å². The second-order valence-corrected chi connectivity index (χ2v) is 5.71. The van der Waals surface area contributed by atoms with Gasteiger partial charge in [-0.1, -0.05) is 0 Å². The SMILES string of the molecule is Cc1nc(CN(C)CCNCCN(C)C)cs1. The first kappa shape index (κ1) is 14.6. The van der Waals surface area contributed by atoms with Gasteiger partial charge in [0.05, 0.1) is 10.7 Å². The van der Waals surface area contributed by atoms with E-state index >= 15 is 0 Å². The van der Waals surface area contributed by atoms with Gasteiger partial charge in [0.15, 0.2) is 0 Å². The molecule has 0 aliphatic heterocycles. The van der Waals surface area contributed by atoms with Crippen molar-refractivity contribution in [2.75, 3.05) is 47.3 Å². The Morgan fingerprint density at radius 2 is 1.94 bits per heavy atom. The van der Waals surface area contributed by atoms with Crippen molar-refractivity contribution in [2.24, 2.45) is 0 Å². The molecule has 0 aliphatic carbocycles. The Hall–Kier alpha value is -0.490. The van der Waals surface area contributed by atoms with Crippen molar-refractivity contribution in [3.8, 4) is 0 Å². The van der Waals surface area contributed by atoms with Gasteiger partial charge in [-0.05, 0) is 28.1 Å². The Labute approximate surface area is 109 Å². The van der Waals surface area contributed by atoms with Gasteiger partial charge in [-0.3, -0.25) is 4.90 Å². The van der Waals surface area contributed by atoms with Crippen LogP contribution >= 0.6 is 11.3 Å². The largest absolute Gasteiger partial charge is 0.314 e. The van der Waals surface area contributed by atoms with Crippen LogP contribution in [0.5, 0.6) is 0 Å². The summed E-state index contributed by atoms with van der Waals surface area (Å²) < 4.78 is 0. The Morgan fingerprint density at radius 3 is 2.53 bits per heavy atom. The van der Waals surface area contributed by atoms with E-state index in [0.29, 0.717) is 0 Å². The minimum absolute atomic E-state index is 0.944. The zero-order valence-corrected chi connectivity index (χ0v) is 12.2. The standard InChI is InChI=1S/C12H24N4S/c1-11-14-12(10-17-11)9-16(4)8-6-13-5-7-15(2)3/h10,13H,5-9H2,1-4H3. The Balaban J connectivity index is 2.07. The van der Waals surface area contributed by atoms with Gasteiger partial charge in [-0.25, -0.2) is 4.98 Å². The summed E-state index contributed by atoms with van der Waals surface area (Å²) in [5.41, 5.74) is 1.18. The first-order valence-corrected chi connectivity index (χ1v) is 6.91. The van der Waals surface area contributed by atoms with Crippen LogP contribution in [0.3, 0.4) is 0 Å². The average molecular weight is 256 g/mol. The Bertz CT molecular complexity index is 311. The van der Waals surface area contributed by atoms with E-state index in [2.05, 4.69) is 53.5 Å². The van der Waals surface area contributed by atoms with Gasteiger partial charge in [0.2, 0.25) is 0 Å². The van der Waals surface area contributed by atoms with Crippen molar-refractivity contribution in [1.29, 1.82) is 0 Å². The lowest BCUT2D eigenvalue weighted by molar-refractivity contribution is 0.316. The van der Waals surface area contributed by atoms with E-state index in [1.807, 2.05) is 0 Å². The van der Waals surface area contributed by atoms with Gasteiger partial charge in [-0.2, -0.15) is 0 Å². The van der Waals surface area contributed by atoms with Crippen LogP contribution in [0.15, 0.2) is 5.38 Å². The molecular formula is C12H24N4S. The fraction of sp³-hybridized carbons (Fsp3) is 0.750. The highest BCUT2D eigenvalue weighted by Gasteiger charge is 2.02. The minimum atomic E-state index is 0.944. The summed E-state index contributed by atoms with van der Waals surface area (Å²) >= 11 is 1.72. The van der Waals surface area contributed by atoms with Crippen LogP contribution in [-0.4, -0.2) is 62.1 Å².